The standard InChI is InChI=1S/C38H22/c1-2-8-30-23(5-1)11-12-27-19-25(15-17-31(27)30)26-16-18-32-28(20-26)13-14-29-21-36-33-9-3-6-24-7-4-10-34(38(24)33)37(36)22-35(29)32/h1-22H. The van der Waals surface area contributed by atoms with Crippen molar-refractivity contribution >= 4 is 53.9 Å². The van der Waals surface area contributed by atoms with Gasteiger partial charge in [-0.05, 0) is 112 Å². The van der Waals surface area contributed by atoms with Gasteiger partial charge in [0.25, 0.3) is 0 Å². The van der Waals surface area contributed by atoms with Gasteiger partial charge in [0.2, 0.25) is 0 Å². The highest BCUT2D eigenvalue weighted by Gasteiger charge is 2.21. The summed E-state index contributed by atoms with van der Waals surface area (Å²) in [6, 6.07) is 49.6. The first kappa shape index (κ1) is 20.2. The molecule has 0 nitrogen and oxygen atoms in total. The van der Waals surface area contributed by atoms with Gasteiger partial charge >= 0.3 is 0 Å². The van der Waals surface area contributed by atoms with E-state index in [4.69, 9.17) is 0 Å². The molecule has 0 saturated heterocycles. The summed E-state index contributed by atoms with van der Waals surface area (Å²) >= 11 is 0. The second-order valence-electron chi connectivity index (χ2n) is 10.6. The van der Waals surface area contributed by atoms with E-state index in [9.17, 15) is 0 Å². The summed E-state index contributed by atoms with van der Waals surface area (Å²) in [7, 11) is 0. The minimum Gasteiger partial charge on any atom is -0.0616 e. The molecule has 8 aromatic carbocycles. The van der Waals surface area contributed by atoms with Crippen LogP contribution in [-0.2, 0) is 0 Å². The fraction of sp³-hybridized carbons (Fsp3) is 0. The number of hydrogen-bond donors (Lipinski definition) is 0. The highest BCUT2D eigenvalue weighted by Crippen LogP contribution is 2.49. The molecule has 8 aromatic rings. The smallest absolute Gasteiger partial charge is 0.00264 e. The van der Waals surface area contributed by atoms with E-state index in [-0.39, 0.29) is 0 Å². The Morgan fingerprint density at radius 1 is 0.263 bits per heavy atom. The van der Waals surface area contributed by atoms with Gasteiger partial charge in [0, 0.05) is 0 Å². The Bertz CT molecular complexity index is 2280. The number of rotatable bonds is 1. The maximum Gasteiger partial charge on any atom is -0.00264 e. The first-order valence-corrected chi connectivity index (χ1v) is 13.3. The Kier molecular flexibility index (Phi) is 3.88. The van der Waals surface area contributed by atoms with Crippen LogP contribution in [0.2, 0.25) is 0 Å². The van der Waals surface area contributed by atoms with Crippen LogP contribution in [0.25, 0.3) is 87.2 Å². The normalized spacial score (nSPS) is 12.2. The fourth-order valence-corrected chi connectivity index (χ4v) is 6.72. The Hall–Kier alpha value is -4.94. The Morgan fingerprint density at radius 3 is 1.50 bits per heavy atom. The predicted molar refractivity (Wildman–Crippen MR) is 164 cm³/mol. The minimum atomic E-state index is 1.25. The minimum absolute atomic E-state index is 1.25. The molecule has 0 atom stereocenters. The molecule has 0 heteroatoms. The van der Waals surface area contributed by atoms with E-state index in [1.807, 2.05) is 0 Å². The lowest BCUT2D eigenvalue weighted by atomic mass is 9.93. The monoisotopic (exact) mass is 478 g/mol. The lowest BCUT2D eigenvalue weighted by Gasteiger charge is -2.11. The SMILES string of the molecule is c1cc2c3c(cccc3c1)-c1cc3c(ccc4cc(-c5ccc6c(ccc7ccccc76)c5)ccc43)cc1-2. The Morgan fingerprint density at radius 2 is 0.789 bits per heavy atom. The van der Waals surface area contributed by atoms with Crippen molar-refractivity contribution in [2.45, 2.75) is 0 Å². The average Bonchev–Trinajstić information content (AvgIpc) is 3.29. The van der Waals surface area contributed by atoms with E-state index in [1.54, 1.807) is 0 Å². The highest BCUT2D eigenvalue weighted by molar-refractivity contribution is 6.20. The van der Waals surface area contributed by atoms with Crippen molar-refractivity contribution in [3.05, 3.63) is 133 Å². The summed E-state index contributed by atoms with van der Waals surface area (Å²) in [5, 5.41) is 13.1. The van der Waals surface area contributed by atoms with Crippen molar-refractivity contribution < 1.29 is 0 Å². The van der Waals surface area contributed by atoms with E-state index < -0.39 is 0 Å². The molecule has 0 unspecified atom stereocenters. The summed E-state index contributed by atoms with van der Waals surface area (Å²) in [4.78, 5) is 0. The largest absolute Gasteiger partial charge is 0.0616 e. The van der Waals surface area contributed by atoms with Crippen molar-refractivity contribution in [3.63, 3.8) is 0 Å². The van der Waals surface area contributed by atoms with E-state index in [0.29, 0.717) is 0 Å². The van der Waals surface area contributed by atoms with Crippen LogP contribution in [0, 0.1) is 0 Å². The number of benzene rings is 8. The second-order valence-corrected chi connectivity index (χ2v) is 10.6. The molecule has 1 aliphatic carbocycles. The van der Waals surface area contributed by atoms with Crippen molar-refractivity contribution in [1.82, 2.24) is 0 Å². The van der Waals surface area contributed by atoms with Crippen LogP contribution in [0.4, 0.5) is 0 Å². The molecule has 0 bridgehead atoms. The third-order valence-corrected chi connectivity index (χ3v) is 8.54. The van der Waals surface area contributed by atoms with Crippen LogP contribution in [-0.4, -0.2) is 0 Å². The van der Waals surface area contributed by atoms with Gasteiger partial charge in [-0.1, -0.05) is 109 Å². The number of fused-ring (bicyclic) bond motifs is 9. The lowest BCUT2D eigenvalue weighted by molar-refractivity contribution is 1.69. The van der Waals surface area contributed by atoms with Crippen LogP contribution in [0.15, 0.2) is 133 Å². The fourth-order valence-electron chi connectivity index (χ4n) is 6.72. The second kappa shape index (κ2) is 7.31. The van der Waals surface area contributed by atoms with Gasteiger partial charge in [0.05, 0.1) is 0 Å². The van der Waals surface area contributed by atoms with Crippen molar-refractivity contribution in [2.75, 3.05) is 0 Å². The van der Waals surface area contributed by atoms with Crippen molar-refractivity contribution in [1.29, 1.82) is 0 Å². The Labute approximate surface area is 220 Å². The van der Waals surface area contributed by atoms with E-state index in [1.165, 1.54) is 87.2 Å². The molecule has 0 aromatic heterocycles. The molecule has 0 aliphatic heterocycles. The maximum atomic E-state index is 2.42. The molecule has 0 heterocycles. The van der Waals surface area contributed by atoms with Gasteiger partial charge in [-0.3, -0.25) is 0 Å². The molecule has 9 rings (SSSR count). The van der Waals surface area contributed by atoms with Crippen LogP contribution < -0.4 is 0 Å². The summed E-state index contributed by atoms with van der Waals surface area (Å²) in [6.07, 6.45) is 0. The first-order valence-electron chi connectivity index (χ1n) is 13.3. The quantitative estimate of drug-likeness (QED) is 0.206. The molecule has 38 heavy (non-hydrogen) atoms. The van der Waals surface area contributed by atoms with E-state index in [2.05, 4.69) is 133 Å². The number of hydrogen-bond acceptors (Lipinski definition) is 0. The molecule has 0 radical (unpaired) electrons. The molecule has 0 amide bonds. The lowest BCUT2D eigenvalue weighted by Crippen LogP contribution is -1.84. The average molecular weight is 479 g/mol. The van der Waals surface area contributed by atoms with Gasteiger partial charge in [-0.15, -0.1) is 0 Å². The third-order valence-electron chi connectivity index (χ3n) is 8.54. The molecule has 1 aliphatic rings. The predicted octanol–water partition coefficient (Wildman–Crippen LogP) is 10.8. The molecule has 0 saturated carbocycles. The molecular weight excluding hydrogens is 456 g/mol. The van der Waals surface area contributed by atoms with Crippen LogP contribution in [0.3, 0.4) is 0 Å². The molecular formula is C38H22. The van der Waals surface area contributed by atoms with Gasteiger partial charge < -0.3 is 0 Å². The Balaban J connectivity index is 1.22. The van der Waals surface area contributed by atoms with Crippen LogP contribution >= 0.6 is 0 Å². The van der Waals surface area contributed by atoms with Crippen molar-refractivity contribution in [2.24, 2.45) is 0 Å². The zero-order chi connectivity index (χ0) is 24.8. The summed E-state index contributed by atoms with van der Waals surface area (Å²) < 4.78 is 0. The summed E-state index contributed by atoms with van der Waals surface area (Å²) in [6.45, 7) is 0. The topological polar surface area (TPSA) is 0 Å². The molecule has 0 fully saturated rings. The first-order chi connectivity index (χ1) is 18.8. The van der Waals surface area contributed by atoms with Crippen LogP contribution in [0.1, 0.15) is 0 Å². The highest BCUT2D eigenvalue weighted by atomic mass is 14.2. The van der Waals surface area contributed by atoms with Gasteiger partial charge in [0.1, 0.15) is 0 Å². The van der Waals surface area contributed by atoms with Crippen molar-refractivity contribution in [3.8, 4) is 33.4 Å². The third kappa shape index (κ3) is 2.69. The van der Waals surface area contributed by atoms with Crippen LogP contribution in [0.5, 0.6) is 0 Å². The summed E-state index contributed by atoms with van der Waals surface area (Å²) in [5.74, 6) is 0. The zero-order valence-electron chi connectivity index (χ0n) is 20.7. The van der Waals surface area contributed by atoms with Gasteiger partial charge in [0.15, 0.2) is 0 Å². The van der Waals surface area contributed by atoms with Gasteiger partial charge in [-0.2, -0.15) is 0 Å². The molecule has 0 N–H and O–H groups in total. The maximum absolute atomic E-state index is 2.42. The summed E-state index contributed by atoms with van der Waals surface area (Å²) in [5.41, 5.74) is 7.92. The molecule has 0 spiro atoms. The van der Waals surface area contributed by atoms with E-state index in [0.717, 1.165) is 0 Å². The van der Waals surface area contributed by atoms with Gasteiger partial charge in [-0.25, -0.2) is 0 Å². The molecule has 174 valence electrons. The zero-order valence-corrected chi connectivity index (χ0v) is 20.7. The van der Waals surface area contributed by atoms with E-state index >= 15 is 0 Å².